The third kappa shape index (κ3) is 9.94. The predicted molar refractivity (Wildman–Crippen MR) is 136 cm³/mol. The number of urea groups is 1. The Kier molecular flexibility index (Phi) is 12.4. The Morgan fingerprint density at radius 1 is 1.06 bits per heavy atom. The number of hydrogen-bond donors (Lipinski definition) is 5. The SMILES string of the molecule is CC(C)(C)C(NCB=O)C(=O)NCCCCCCNC(=O)CCCCC1SCC2NC(=O)NC21. The summed E-state index contributed by atoms with van der Waals surface area (Å²) in [6.45, 7) is 7.22. The number of carbonyl (C=O) groups excluding carboxylic acids is 3. The first-order chi connectivity index (χ1) is 16.2. The van der Waals surface area contributed by atoms with Crippen molar-refractivity contribution in [3.63, 3.8) is 0 Å². The minimum absolute atomic E-state index is 0.0537. The Hall–Kier alpha value is -1.62. The van der Waals surface area contributed by atoms with Gasteiger partial charge >= 0.3 is 122 Å². The monoisotopic (exact) mass is 495 g/mol. The molecule has 2 saturated heterocycles. The Morgan fingerprint density at radius 2 is 1.76 bits per heavy atom. The number of amides is 4. The van der Waals surface area contributed by atoms with Crippen LogP contribution in [0.5, 0.6) is 0 Å². The van der Waals surface area contributed by atoms with Crippen LogP contribution in [0, 0.1) is 5.41 Å². The van der Waals surface area contributed by atoms with Crippen LogP contribution in [-0.4, -0.2) is 73.7 Å². The summed E-state index contributed by atoms with van der Waals surface area (Å²) in [7, 11) is 0.768. The van der Waals surface area contributed by atoms with Crippen LogP contribution in [0.15, 0.2) is 0 Å². The minimum atomic E-state index is -0.401. The van der Waals surface area contributed by atoms with E-state index in [0.717, 1.165) is 57.8 Å². The average Bonchev–Trinajstić information content (AvgIpc) is 3.31. The van der Waals surface area contributed by atoms with Gasteiger partial charge in [0.2, 0.25) is 5.91 Å². The summed E-state index contributed by atoms with van der Waals surface area (Å²) in [6.07, 6.45) is 7.43. The summed E-state index contributed by atoms with van der Waals surface area (Å²) in [5, 5.41) is 15.4. The molecular formula is C23H42BN5O4S. The van der Waals surface area contributed by atoms with Crippen molar-refractivity contribution < 1.29 is 19.1 Å². The minimum Gasteiger partial charge on any atom is -0.332 e. The Morgan fingerprint density at radius 3 is 2.44 bits per heavy atom. The van der Waals surface area contributed by atoms with E-state index in [1.165, 1.54) is 0 Å². The molecule has 0 aliphatic carbocycles. The van der Waals surface area contributed by atoms with Crippen molar-refractivity contribution in [2.24, 2.45) is 5.41 Å². The summed E-state index contributed by atoms with van der Waals surface area (Å²) < 4.78 is 10.6. The van der Waals surface area contributed by atoms with Crippen LogP contribution in [0.25, 0.3) is 0 Å². The number of unbranched alkanes of at least 4 members (excludes halogenated alkanes) is 4. The molecule has 2 fully saturated rings. The Balaban J connectivity index is 1.43. The number of thioether (sulfide) groups is 1. The van der Waals surface area contributed by atoms with Gasteiger partial charge in [0.05, 0.1) is 12.1 Å². The van der Waals surface area contributed by atoms with E-state index >= 15 is 0 Å². The van der Waals surface area contributed by atoms with Crippen LogP contribution in [0.4, 0.5) is 4.79 Å². The quantitative estimate of drug-likeness (QED) is 0.126. The number of nitrogens with one attached hydrogen (secondary N) is 5. The van der Waals surface area contributed by atoms with E-state index in [4.69, 9.17) is 0 Å². The maximum absolute atomic E-state index is 12.4. The van der Waals surface area contributed by atoms with E-state index < -0.39 is 6.04 Å². The van der Waals surface area contributed by atoms with Crippen molar-refractivity contribution in [3.8, 4) is 0 Å². The molecule has 0 bridgehead atoms. The van der Waals surface area contributed by atoms with Gasteiger partial charge in [-0.05, 0) is 12.8 Å². The number of fused-ring (bicyclic) bond motifs is 1. The normalized spacial score (nSPS) is 22.3. The van der Waals surface area contributed by atoms with Gasteiger partial charge in [-0.2, -0.15) is 11.8 Å². The maximum atomic E-state index is 12.4. The molecule has 0 aromatic carbocycles. The molecule has 0 aromatic heterocycles. The van der Waals surface area contributed by atoms with Crippen LogP contribution in [-0.2, 0) is 14.3 Å². The summed E-state index contributed by atoms with van der Waals surface area (Å²) in [5.41, 5.74) is -0.269. The zero-order chi connectivity index (χ0) is 25.0. The van der Waals surface area contributed by atoms with Gasteiger partial charge in [-0.1, -0.05) is 6.42 Å². The van der Waals surface area contributed by atoms with Crippen LogP contribution >= 0.6 is 11.8 Å². The van der Waals surface area contributed by atoms with Gasteiger partial charge in [0.25, 0.3) is 0 Å². The molecule has 0 saturated carbocycles. The van der Waals surface area contributed by atoms with E-state index in [1.54, 1.807) is 0 Å². The summed E-state index contributed by atoms with van der Waals surface area (Å²) >= 11 is 1.91. The predicted octanol–water partition coefficient (Wildman–Crippen LogP) is 1.52. The molecule has 11 heteroatoms. The van der Waals surface area contributed by atoms with E-state index in [9.17, 15) is 19.1 Å². The van der Waals surface area contributed by atoms with Crippen LogP contribution in [0.1, 0.15) is 72.1 Å². The van der Waals surface area contributed by atoms with E-state index in [2.05, 4.69) is 26.6 Å². The molecule has 0 radical (unpaired) electrons. The first kappa shape index (κ1) is 28.6. The van der Waals surface area contributed by atoms with Gasteiger partial charge in [0.1, 0.15) is 0 Å². The molecule has 4 amide bonds. The molecule has 2 heterocycles. The fourth-order valence-corrected chi connectivity index (χ4v) is 6.01. The third-order valence-electron chi connectivity index (χ3n) is 6.34. The number of rotatable bonds is 16. The number of carbonyl (C=O) groups is 3. The van der Waals surface area contributed by atoms with Gasteiger partial charge in [-0.3, -0.25) is 4.79 Å². The van der Waals surface area contributed by atoms with Gasteiger partial charge < -0.3 is 10.6 Å². The van der Waals surface area contributed by atoms with E-state index in [1.807, 2.05) is 32.5 Å². The van der Waals surface area contributed by atoms with Crippen molar-refractivity contribution in [2.45, 2.75) is 95.5 Å². The third-order valence-corrected chi connectivity index (χ3v) is 7.85. The van der Waals surface area contributed by atoms with Crippen molar-refractivity contribution in [2.75, 3.05) is 25.3 Å². The van der Waals surface area contributed by atoms with Gasteiger partial charge in [-0.15, -0.1) is 0 Å². The molecule has 2 rings (SSSR count). The van der Waals surface area contributed by atoms with Gasteiger partial charge in [0.15, 0.2) is 0 Å². The zero-order valence-corrected chi connectivity index (χ0v) is 21.7. The molecule has 0 spiro atoms. The van der Waals surface area contributed by atoms with E-state index in [-0.39, 0.29) is 41.8 Å². The zero-order valence-electron chi connectivity index (χ0n) is 20.9. The Bertz CT molecular complexity index is 691. The average molecular weight is 495 g/mol. The molecule has 192 valence electrons. The van der Waals surface area contributed by atoms with Crippen LogP contribution < -0.4 is 26.6 Å². The fraction of sp³-hybridized carbons (Fsp3) is 0.870. The van der Waals surface area contributed by atoms with Crippen LogP contribution in [0.2, 0.25) is 0 Å². The van der Waals surface area contributed by atoms with Gasteiger partial charge in [-0.25, -0.2) is 4.79 Å². The molecule has 2 aliphatic heterocycles. The second-order valence-electron chi connectivity index (χ2n) is 10.3. The van der Waals surface area contributed by atoms with Crippen molar-refractivity contribution in [1.82, 2.24) is 26.6 Å². The van der Waals surface area contributed by atoms with Crippen molar-refractivity contribution >= 4 is 36.8 Å². The van der Waals surface area contributed by atoms with Crippen LogP contribution in [0.3, 0.4) is 0 Å². The van der Waals surface area contributed by atoms with Gasteiger partial charge in [0, 0.05) is 17.4 Å². The molecule has 34 heavy (non-hydrogen) atoms. The molecule has 0 aromatic rings. The first-order valence-corrected chi connectivity index (χ1v) is 13.7. The van der Waals surface area contributed by atoms with Crippen molar-refractivity contribution in [3.05, 3.63) is 0 Å². The molecule has 9 nitrogen and oxygen atoms in total. The molecule has 4 unspecified atom stereocenters. The molecule has 2 aliphatic rings. The standard InChI is InChI=1S/C23H42BN5O4S/c1-23(2,3)20(27-15-24-33)21(31)26-13-9-5-4-8-12-25-18(30)11-7-6-10-17-19-16(14-34-17)28-22(32)29-19/h16-17,19-20,27H,4-15H2,1-3H3,(H,25,30)(H,26,31)(H2,28,29,32). The number of hydrogen-bond acceptors (Lipinski definition) is 6. The van der Waals surface area contributed by atoms with Crippen molar-refractivity contribution in [1.29, 1.82) is 0 Å². The summed E-state index contributed by atoms with van der Waals surface area (Å²) in [6, 6.07) is 0.0379. The topological polar surface area (TPSA) is 128 Å². The Labute approximate surface area is 208 Å². The first-order valence-electron chi connectivity index (χ1n) is 12.6. The summed E-state index contributed by atoms with van der Waals surface area (Å²) in [4.78, 5) is 35.9. The second kappa shape index (κ2) is 14.7. The fourth-order valence-electron chi connectivity index (χ4n) is 4.47. The smallest absolute Gasteiger partial charge is 0.332 e. The second-order valence-corrected chi connectivity index (χ2v) is 11.6. The summed E-state index contributed by atoms with van der Waals surface area (Å²) in [5.74, 6) is 1.01. The molecular weight excluding hydrogens is 453 g/mol. The van der Waals surface area contributed by atoms with E-state index in [0.29, 0.717) is 24.8 Å². The molecule has 4 atom stereocenters. The molecule has 5 N–H and O–H groups in total.